The fourth-order valence-electron chi connectivity index (χ4n) is 1.11. The molecule has 0 spiro atoms. The van der Waals surface area contributed by atoms with Crippen LogP contribution in [-0.4, -0.2) is 32.7 Å². The summed E-state index contributed by atoms with van der Waals surface area (Å²) in [6.45, 7) is 1.00. The molecule has 0 unspecified atom stereocenters. The summed E-state index contributed by atoms with van der Waals surface area (Å²) in [4.78, 5) is 11.3. The lowest BCUT2D eigenvalue weighted by Gasteiger charge is -2.08. The molecule has 0 aromatic heterocycles. The maximum absolute atomic E-state index is 13.3. The van der Waals surface area contributed by atoms with Gasteiger partial charge in [0.25, 0.3) is 5.91 Å². The van der Waals surface area contributed by atoms with Gasteiger partial charge in [-0.25, -0.2) is 4.39 Å². The Morgan fingerprint density at radius 1 is 1.47 bits per heavy atom. The summed E-state index contributed by atoms with van der Waals surface area (Å²) in [5.41, 5.74) is 0. The molecule has 4 nitrogen and oxygen atoms in total. The average Bonchev–Trinajstić information content (AvgIpc) is 2.28. The topological polar surface area (TPSA) is 50.4 Å². The van der Waals surface area contributed by atoms with Gasteiger partial charge in [-0.1, -0.05) is 15.9 Å². The first-order chi connectivity index (χ1) is 8.13. The molecule has 1 amide bonds. The SMILES string of the molecule is CNCCNC(=O)COc1ccc(Br)cc1F. The van der Waals surface area contributed by atoms with E-state index < -0.39 is 5.82 Å². The lowest BCUT2D eigenvalue weighted by atomic mass is 10.3. The Morgan fingerprint density at radius 2 is 2.24 bits per heavy atom. The van der Waals surface area contributed by atoms with Crippen molar-refractivity contribution < 1.29 is 13.9 Å². The molecule has 1 aromatic carbocycles. The third-order valence-electron chi connectivity index (χ3n) is 1.95. The minimum Gasteiger partial charge on any atom is -0.481 e. The van der Waals surface area contributed by atoms with E-state index in [0.29, 0.717) is 17.6 Å². The van der Waals surface area contributed by atoms with Crippen molar-refractivity contribution in [2.45, 2.75) is 0 Å². The first kappa shape index (κ1) is 13.9. The van der Waals surface area contributed by atoms with E-state index in [0.717, 1.165) is 0 Å². The van der Waals surface area contributed by atoms with Crippen molar-refractivity contribution in [3.8, 4) is 5.75 Å². The summed E-state index contributed by atoms with van der Waals surface area (Å²) >= 11 is 3.14. The van der Waals surface area contributed by atoms with Crippen LogP contribution in [-0.2, 0) is 4.79 Å². The minimum absolute atomic E-state index is 0.0666. The van der Waals surface area contributed by atoms with Crippen LogP contribution in [0.15, 0.2) is 22.7 Å². The molecular formula is C11H14BrFN2O2. The molecule has 0 saturated carbocycles. The number of benzene rings is 1. The quantitative estimate of drug-likeness (QED) is 0.779. The van der Waals surface area contributed by atoms with Crippen molar-refractivity contribution in [3.05, 3.63) is 28.5 Å². The maximum atomic E-state index is 13.3. The van der Waals surface area contributed by atoms with Crippen LogP contribution in [0.3, 0.4) is 0 Å². The summed E-state index contributed by atoms with van der Waals surface area (Å²) in [6.07, 6.45) is 0. The Bertz CT molecular complexity index is 388. The number of nitrogens with one attached hydrogen (secondary N) is 2. The molecule has 6 heteroatoms. The Hall–Kier alpha value is -1.14. The van der Waals surface area contributed by atoms with Gasteiger partial charge in [-0.15, -0.1) is 0 Å². The predicted molar refractivity (Wildman–Crippen MR) is 66.5 cm³/mol. The molecule has 94 valence electrons. The fraction of sp³-hybridized carbons (Fsp3) is 0.364. The van der Waals surface area contributed by atoms with E-state index in [1.54, 1.807) is 13.1 Å². The predicted octanol–water partition coefficient (Wildman–Crippen LogP) is 1.30. The Morgan fingerprint density at radius 3 is 2.88 bits per heavy atom. The number of hydrogen-bond donors (Lipinski definition) is 2. The van der Waals surface area contributed by atoms with E-state index >= 15 is 0 Å². The highest BCUT2D eigenvalue weighted by molar-refractivity contribution is 9.10. The van der Waals surface area contributed by atoms with E-state index in [-0.39, 0.29) is 18.3 Å². The zero-order chi connectivity index (χ0) is 12.7. The maximum Gasteiger partial charge on any atom is 0.257 e. The van der Waals surface area contributed by atoms with Gasteiger partial charge in [0.05, 0.1) is 0 Å². The summed E-state index contributed by atoms with van der Waals surface area (Å²) in [5.74, 6) is -0.707. The standard InChI is InChI=1S/C11H14BrFN2O2/c1-14-4-5-15-11(16)7-17-10-3-2-8(12)6-9(10)13/h2-3,6,14H,4-5,7H2,1H3,(H,15,16). The Balaban J connectivity index is 2.37. The van der Waals surface area contributed by atoms with Crippen LogP contribution in [0.1, 0.15) is 0 Å². The number of carbonyl (C=O) groups is 1. The number of amides is 1. The van der Waals surface area contributed by atoms with E-state index in [4.69, 9.17) is 4.74 Å². The van der Waals surface area contributed by atoms with Crippen molar-refractivity contribution in [2.75, 3.05) is 26.7 Å². The van der Waals surface area contributed by atoms with Crippen molar-refractivity contribution in [2.24, 2.45) is 0 Å². The normalized spacial score (nSPS) is 10.1. The van der Waals surface area contributed by atoms with Crippen LogP contribution in [0.5, 0.6) is 5.75 Å². The zero-order valence-corrected chi connectivity index (χ0v) is 11.0. The highest BCUT2D eigenvalue weighted by Crippen LogP contribution is 2.21. The number of likely N-dealkylation sites (N-methyl/N-ethyl adjacent to an activating group) is 1. The van der Waals surface area contributed by atoms with Crippen molar-refractivity contribution in [1.29, 1.82) is 0 Å². The number of halogens is 2. The second kappa shape index (κ2) is 7.24. The van der Waals surface area contributed by atoms with Crippen molar-refractivity contribution in [1.82, 2.24) is 10.6 Å². The Kier molecular flexibility index (Phi) is 5.93. The molecule has 0 radical (unpaired) electrons. The van der Waals surface area contributed by atoms with Crippen LogP contribution in [0.25, 0.3) is 0 Å². The third kappa shape index (κ3) is 5.14. The molecule has 0 atom stereocenters. The summed E-state index contributed by atoms with van der Waals surface area (Å²) < 4.78 is 19.0. The highest BCUT2D eigenvalue weighted by Gasteiger charge is 2.06. The molecule has 0 aliphatic heterocycles. The largest absolute Gasteiger partial charge is 0.481 e. The molecule has 0 saturated heterocycles. The van der Waals surface area contributed by atoms with Crippen molar-refractivity contribution >= 4 is 21.8 Å². The smallest absolute Gasteiger partial charge is 0.257 e. The summed E-state index contributed by atoms with van der Waals surface area (Å²) in [6, 6.07) is 4.41. The molecule has 1 rings (SSSR count). The van der Waals surface area contributed by atoms with Gasteiger partial charge in [0.2, 0.25) is 0 Å². The van der Waals surface area contributed by atoms with Gasteiger partial charge in [0.15, 0.2) is 18.2 Å². The molecule has 0 bridgehead atoms. The van der Waals surface area contributed by atoms with Gasteiger partial charge in [-0.05, 0) is 25.2 Å². The van der Waals surface area contributed by atoms with Crippen LogP contribution in [0.2, 0.25) is 0 Å². The monoisotopic (exact) mass is 304 g/mol. The van der Waals surface area contributed by atoms with E-state index in [1.165, 1.54) is 12.1 Å². The van der Waals surface area contributed by atoms with Gasteiger partial charge in [-0.2, -0.15) is 0 Å². The molecule has 0 heterocycles. The van der Waals surface area contributed by atoms with E-state index in [1.807, 2.05) is 0 Å². The van der Waals surface area contributed by atoms with Gasteiger partial charge in [0, 0.05) is 17.6 Å². The van der Waals surface area contributed by atoms with Gasteiger partial charge in [-0.3, -0.25) is 4.79 Å². The molecule has 17 heavy (non-hydrogen) atoms. The van der Waals surface area contributed by atoms with Crippen LogP contribution in [0, 0.1) is 5.82 Å². The number of ether oxygens (including phenoxy) is 1. The summed E-state index contributed by atoms with van der Waals surface area (Å²) in [5, 5.41) is 5.52. The lowest BCUT2D eigenvalue weighted by Crippen LogP contribution is -2.33. The number of hydrogen-bond acceptors (Lipinski definition) is 3. The minimum atomic E-state index is -0.498. The van der Waals surface area contributed by atoms with Crippen LogP contribution >= 0.6 is 15.9 Å². The Labute approximate surface area is 108 Å². The first-order valence-electron chi connectivity index (χ1n) is 5.12. The summed E-state index contributed by atoms with van der Waals surface area (Å²) in [7, 11) is 1.79. The fourth-order valence-corrected chi connectivity index (χ4v) is 1.45. The average molecular weight is 305 g/mol. The first-order valence-corrected chi connectivity index (χ1v) is 5.92. The molecule has 0 aliphatic rings. The number of carbonyl (C=O) groups excluding carboxylic acids is 1. The molecular weight excluding hydrogens is 291 g/mol. The second-order valence-corrected chi connectivity index (χ2v) is 4.23. The zero-order valence-electron chi connectivity index (χ0n) is 9.43. The highest BCUT2D eigenvalue weighted by atomic mass is 79.9. The van der Waals surface area contributed by atoms with Gasteiger partial charge < -0.3 is 15.4 Å². The lowest BCUT2D eigenvalue weighted by molar-refractivity contribution is -0.123. The van der Waals surface area contributed by atoms with Gasteiger partial charge >= 0.3 is 0 Å². The third-order valence-corrected chi connectivity index (χ3v) is 2.44. The molecule has 0 aliphatic carbocycles. The van der Waals surface area contributed by atoms with E-state index in [9.17, 15) is 9.18 Å². The van der Waals surface area contributed by atoms with E-state index in [2.05, 4.69) is 26.6 Å². The van der Waals surface area contributed by atoms with Crippen LogP contribution in [0.4, 0.5) is 4.39 Å². The van der Waals surface area contributed by atoms with Crippen LogP contribution < -0.4 is 15.4 Å². The molecule has 0 fully saturated rings. The second-order valence-electron chi connectivity index (χ2n) is 3.32. The van der Waals surface area contributed by atoms with Crippen molar-refractivity contribution in [3.63, 3.8) is 0 Å². The van der Waals surface area contributed by atoms with Gasteiger partial charge in [0.1, 0.15) is 0 Å². The number of rotatable bonds is 6. The molecule has 1 aromatic rings. The molecule has 2 N–H and O–H groups in total.